The lowest BCUT2D eigenvalue weighted by Gasteiger charge is -2.48. The monoisotopic (exact) mass is 297 g/mol. The van der Waals surface area contributed by atoms with Gasteiger partial charge >= 0.3 is 5.97 Å². The second-order valence-electron chi connectivity index (χ2n) is 6.35. The van der Waals surface area contributed by atoms with Gasteiger partial charge in [0.05, 0.1) is 0 Å². The van der Waals surface area contributed by atoms with E-state index in [0.29, 0.717) is 12.3 Å². The molecule has 0 aromatic carbocycles. The first-order valence-corrected chi connectivity index (χ1v) is 8.96. The lowest BCUT2D eigenvalue weighted by molar-refractivity contribution is -0.160. The van der Waals surface area contributed by atoms with Crippen molar-refractivity contribution in [1.82, 2.24) is 4.90 Å². The second-order valence-corrected chi connectivity index (χ2v) is 7.50. The Morgan fingerprint density at radius 1 is 1.05 bits per heavy atom. The molecular weight excluding hydrogens is 274 g/mol. The fourth-order valence-electron chi connectivity index (χ4n) is 4.13. The maximum Gasteiger partial charge on any atom is 0.326 e. The molecule has 0 spiro atoms. The Kier molecular flexibility index (Phi) is 4.24. The number of piperidine rings is 1. The molecule has 1 amide bonds. The number of hydrogen-bond donors (Lipinski definition) is 1. The van der Waals surface area contributed by atoms with Gasteiger partial charge in [-0.2, -0.15) is 11.8 Å². The van der Waals surface area contributed by atoms with Crippen molar-refractivity contribution in [2.24, 2.45) is 11.8 Å². The first-order valence-electron chi connectivity index (χ1n) is 7.81. The van der Waals surface area contributed by atoms with Gasteiger partial charge in [0.2, 0.25) is 5.91 Å². The molecule has 4 unspecified atom stereocenters. The van der Waals surface area contributed by atoms with Crippen LogP contribution < -0.4 is 0 Å². The molecule has 3 rings (SSSR count). The standard InChI is InChI=1S/C15H23NO3S/c17-14(11-7-8-20-9-11)16-12-4-2-1-3-10(12)5-6-13(16)15(18)19/h10-13H,1-9H2,(H,18,19). The zero-order chi connectivity index (χ0) is 14.1. The van der Waals surface area contributed by atoms with Gasteiger partial charge in [-0.1, -0.05) is 12.8 Å². The van der Waals surface area contributed by atoms with E-state index in [9.17, 15) is 14.7 Å². The summed E-state index contributed by atoms with van der Waals surface area (Å²) in [5, 5.41) is 9.49. The van der Waals surface area contributed by atoms with E-state index < -0.39 is 12.0 Å². The van der Waals surface area contributed by atoms with Gasteiger partial charge in [0.1, 0.15) is 6.04 Å². The summed E-state index contributed by atoms with van der Waals surface area (Å²) in [5.41, 5.74) is 0. The normalized spacial score (nSPS) is 37.5. The van der Waals surface area contributed by atoms with Gasteiger partial charge in [-0.15, -0.1) is 0 Å². The van der Waals surface area contributed by atoms with Crippen LogP contribution in [0.2, 0.25) is 0 Å². The van der Waals surface area contributed by atoms with Crippen LogP contribution in [0.4, 0.5) is 0 Å². The van der Waals surface area contributed by atoms with E-state index in [-0.39, 0.29) is 17.9 Å². The number of likely N-dealkylation sites (tertiary alicyclic amines) is 1. The third-order valence-electron chi connectivity index (χ3n) is 5.19. The summed E-state index contributed by atoms with van der Waals surface area (Å²) in [6, 6.07) is -0.385. The Labute approximate surface area is 124 Å². The number of carbonyl (C=O) groups excluding carboxylic acids is 1. The summed E-state index contributed by atoms with van der Waals surface area (Å²) >= 11 is 1.82. The maximum atomic E-state index is 12.8. The van der Waals surface area contributed by atoms with Crippen LogP contribution in [-0.4, -0.2) is 45.5 Å². The average Bonchev–Trinajstić information content (AvgIpc) is 2.99. The molecule has 1 aliphatic carbocycles. The molecule has 1 saturated carbocycles. The van der Waals surface area contributed by atoms with Crippen LogP contribution in [0.3, 0.4) is 0 Å². The quantitative estimate of drug-likeness (QED) is 0.850. The molecule has 4 atom stereocenters. The fourth-order valence-corrected chi connectivity index (χ4v) is 5.34. The highest BCUT2D eigenvalue weighted by atomic mass is 32.2. The molecule has 0 aromatic rings. The van der Waals surface area contributed by atoms with Crippen LogP contribution >= 0.6 is 11.8 Å². The summed E-state index contributed by atoms with van der Waals surface area (Å²) < 4.78 is 0. The number of rotatable bonds is 2. The highest BCUT2D eigenvalue weighted by molar-refractivity contribution is 7.99. The summed E-state index contributed by atoms with van der Waals surface area (Å²) in [5.74, 6) is 1.82. The van der Waals surface area contributed by atoms with E-state index in [1.165, 1.54) is 12.8 Å². The van der Waals surface area contributed by atoms with Crippen LogP contribution in [0.15, 0.2) is 0 Å². The molecular formula is C15H23NO3S. The highest BCUT2D eigenvalue weighted by Gasteiger charge is 2.45. The first kappa shape index (κ1) is 14.2. The molecule has 20 heavy (non-hydrogen) atoms. The molecule has 2 aliphatic heterocycles. The number of aliphatic carboxylic acids is 1. The predicted molar refractivity (Wildman–Crippen MR) is 78.7 cm³/mol. The molecule has 1 N–H and O–H groups in total. The summed E-state index contributed by atoms with van der Waals surface area (Å²) in [6.45, 7) is 0. The Morgan fingerprint density at radius 3 is 2.55 bits per heavy atom. The fraction of sp³-hybridized carbons (Fsp3) is 0.867. The molecule has 2 heterocycles. The number of hydrogen-bond acceptors (Lipinski definition) is 3. The van der Waals surface area contributed by atoms with E-state index in [4.69, 9.17) is 0 Å². The molecule has 4 nitrogen and oxygen atoms in total. The Bertz CT molecular complexity index is 395. The second kappa shape index (κ2) is 5.96. The minimum absolute atomic E-state index is 0.0579. The van der Waals surface area contributed by atoms with Crippen molar-refractivity contribution >= 4 is 23.6 Å². The van der Waals surface area contributed by atoms with Crippen molar-refractivity contribution in [3.63, 3.8) is 0 Å². The SMILES string of the molecule is O=C(O)C1CCC2CCCCC2N1C(=O)C1CCSC1. The van der Waals surface area contributed by atoms with Crippen LogP contribution in [0, 0.1) is 11.8 Å². The number of fused-ring (bicyclic) bond motifs is 1. The number of nitrogens with zero attached hydrogens (tertiary/aromatic N) is 1. The largest absolute Gasteiger partial charge is 0.480 e. The van der Waals surface area contributed by atoms with Gasteiger partial charge in [-0.3, -0.25) is 4.79 Å². The lowest BCUT2D eigenvalue weighted by Crippen LogP contribution is -2.58. The number of thioether (sulfide) groups is 1. The molecule has 3 aliphatic rings. The van der Waals surface area contributed by atoms with E-state index >= 15 is 0 Å². The minimum Gasteiger partial charge on any atom is -0.480 e. The van der Waals surface area contributed by atoms with Crippen LogP contribution in [0.5, 0.6) is 0 Å². The summed E-state index contributed by atoms with van der Waals surface area (Å²) in [4.78, 5) is 26.2. The Balaban J connectivity index is 1.83. The molecule has 0 aromatic heterocycles. The zero-order valence-corrected chi connectivity index (χ0v) is 12.6. The van der Waals surface area contributed by atoms with E-state index in [2.05, 4.69) is 0 Å². The van der Waals surface area contributed by atoms with E-state index in [0.717, 1.165) is 37.2 Å². The smallest absolute Gasteiger partial charge is 0.326 e. The number of amides is 1. The van der Waals surface area contributed by atoms with Crippen molar-refractivity contribution in [3.8, 4) is 0 Å². The van der Waals surface area contributed by atoms with E-state index in [1.54, 1.807) is 4.90 Å². The molecule has 0 radical (unpaired) electrons. The molecule has 3 fully saturated rings. The maximum absolute atomic E-state index is 12.8. The van der Waals surface area contributed by atoms with Crippen molar-refractivity contribution in [2.75, 3.05) is 11.5 Å². The first-order chi connectivity index (χ1) is 9.68. The van der Waals surface area contributed by atoms with Crippen molar-refractivity contribution in [2.45, 2.75) is 57.0 Å². The number of carboxylic acids is 1. The third-order valence-corrected chi connectivity index (χ3v) is 6.35. The number of carbonyl (C=O) groups is 2. The van der Waals surface area contributed by atoms with Gasteiger partial charge in [-0.05, 0) is 43.8 Å². The van der Waals surface area contributed by atoms with Crippen molar-refractivity contribution in [1.29, 1.82) is 0 Å². The lowest BCUT2D eigenvalue weighted by atomic mass is 9.75. The Hall–Kier alpha value is -0.710. The topological polar surface area (TPSA) is 57.6 Å². The van der Waals surface area contributed by atoms with Crippen molar-refractivity contribution < 1.29 is 14.7 Å². The van der Waals surface area contributed by atoms with Crippen LogP contribution in [0.1, 0.15) is 44.9 Å². The molecule has 0 bridgehead atoms. The van der Waals surface area contributed by atoms with E-state index in [1.807, 2.05) is 11.8 Å². The minimum atomic E-state index is -0.812. The summed E-state index contributed by atoms with van der Waals surface area (Å²) in [7, 11) is 0. The zero-order valence-electron chi connectivity index (χ0n) is 11.8. The predicted octanol–water partition coefficient (Wildman–Crippen LogP) is 2.37. The average molecular weight is 297 g/mol. The number of carboxylic acid groups (broad SMARTS) is 1. The molecule has 2 saturated heterocycles. The van der Waals surface area contributed by atoms with Crippen LogP contribution in [-0.2, 0) is 9.59 Å². The van der Waals surface area contributed by atoms with Gasteiger partial charge < -0.3 is 10.0 Å². The molecule has 5 heteroatoms. The third kappa shape index (κ3) is 2.57. The van der Waals surface area contributed by atoms with Gasteiger partial charge in [0.25, 0.3) is 0 Å². The summed E-state index contributed by atoms with van der Waals surface area (Å²) in [6.07, 6.45) is 7.08. The Morgan fingerprint density at radius 2 is 1.85 bits per heavy atom. The van der Waals surface area contributed by atoms with Gasteiger partial charge in [-0.25, -0.2) is 4.79 Å². The highest BCUT2D eigenvalue weighted by Crippen LogP contribution is 2.39. The van der Waals surface area contributed by atoms with Crippen LogP contribution in [0.25, 0.3) is 0 Å². The van der Waals surface area contributed by atoms with Gasteiger partial charge in [0, 0.05) is 17.7 Å². The van der Waals surface area contributed by atoms with Crippen molar-refractivity contribution in [3.05, 3.63) is 0 Å². The van der Waals surface area contributed by atoms with Gasteiger partial charge in [0.15, 0.2) is 0 Å². The molecule has 112 valence electrons.